The normalized spacial score (nSPS) is 17.1. The zero-order valence-electron chi connectivity index (χ0n) is 11.0. The molecular formula is C12H17N3O4. The molecule has 1 fully saturated rings. The van der Waals surface area contributed by atoms with Crippen molar-refractivity contribution in [3.63, 3.8) is 0 Å². The van der Waals surface area contributed by atoms with Gasteiger partial charge in [-0.15, -0.1) is 0 Å². The van der Waals surface area contributed by atoms with Gasteiger partial charge in [0.1, 0.15) is 0 Å². The summed E-state index contributed by atoms with van der Waals surface area (Å²) in [7, 11) is 1.49. The van der Waals surface area contributed by atoms with Crippen molar-refractivity contribution < 1.29 is 14.8 Å². The van der Waals surface area contributed by atoms with E-state index >= 15 is 0 Å². The van der Waals surface area contributed by atoms with E-state index in [4.69, 9.17) is 0 Å². The zero-order chi connectivity index (χ0) is 14.2. The second-order valence-electron chi connectivity index (χ2n) is 5.03. The lowest BCUT2D eigenvalue weighted by Crippen LogP contribution is -2.63. The Kier molecular flexibility index (Phi) is 3.32. The summed E-state index contributed by atoms with van der Waals surface area (Å²) in [6.07, 6.45) is 1.51. The van der Waals surface area contributed by atoms with Gasteiger partial charge in [0.25, 0.3) is 5.91 Å². The van der Waals surface area contributed by atoms with Crippen LogP contribution in [0.4, 0.5) is 5.82 Å². The molecule has 0 saturated carbocycles. The van der Waals surface area contributed by atoms with Gasteiger partial charge in [-0.05, 0) is 17.4 Å². The molecule has 0 radical (unpaired) electrons. The average Bonchev–Trinajstić information content (AvgIpc) is 2.67. The molecule has 1 aliphatic rings. The third-order valence-corrected chi connectivity index (χ3v) is 3.47. The fourth-order valence-electron chi connectivity index (χ4n) is 2.49. The number of carbonyl (C=O) groups excluding carboxylic acids is 1. The van der Waals surface area contributed by atoms with E-state index in [1.54, 1.807) is 0 Å². The molecule has 104 valence electrons. The Morgan fingerprint density at radius 2 is 2.16 bits per heavy atom. The lowest BCUT2D eigenvalue weighted by Gasteiger charge is -2.46. The number of carbonyl (C=O) groups is 1. The Morgan fingerprint density at radius 1 is 1.53 bits per heavy atom. The summed E-state index contributed by atoms with van der Waals surface area (Å²) >= 11 is 0. The van der Waals surface area contributed by atoms with Crippen molar-refractivity contribution in [2.45, 2.75) is 25.4 Å². The number of aliphatic hydroxyl groups is 1. The molecule has 0 bridgehead atoms. The summed E-state index contributed by atoms with van der Waals surface area (Å²) < 4.78 is 1.26. The highest BCUT2D eigenvalue weighted by Crippen LogP contribution is 2.28. The van der Waals surface area contributed by atoms with Gasteiger partial charge in [0.05, 0.1) is 25.7 Å². The van der Waals surface area contributed by atoms with Gasteiger partial charge in [0.15, 0.2) is 5.69 Å². The summed E-state index contributed by atoms with van der Waals surface area (Å²) in [5, 5.41) is 20.7. The van der Waals surface area contributed by atoms with Crippen LogP contribution >= 0.6 is 0 Å². The fraction of sp³-hybridized carbons (Fsp3) is 0.583. The fourth-order valence-corrected chi connectivity index (χ4v) is 2.49. The number of β-amino-alcohol motifs (C(OH)–C–C–N with tert-alkyl or cyclic N) is 1. The SMILES string of the molecule is CCCC1(O)CN(C(=O)c2ccc([N+](=O)[O-])n2C)C1. The maximum absolute atomic E-state index is 12.1. The van der Waals surface area contributed by atoms with Crippen LogP contribution in [0.5, 0.6) is 0 Å². The van der Waals surface area contributed by atoms with Gasteiger partial charge in [-0.25, -0.2) is 4.57 Å². The molecule has 0 aromatic carbocycles. The number of rotatable bonds is 4. The van der Waals surface area contributed by atoms with Gasteiger partial charge in [-0.2, -0.15) is 0 Å². The molecule has 2 rings (SSSR count). The van der Waals surface area contributed by atoms with Crippen LogP contribution in [-0.4, -0.2) is 44.1 Å². The van der Waals surface area contributed by atoms with E-state index in [1.165, 1.54) is 28.6 Å². The molecule has 1 N–H and O–H groups in total. The molecule has 7 nitrogen and oxygen atoms in total. The van der Waals surface area contributed by atoms with Crippen molar-refractivity contribution >= 4 is 11.7 Å². The molecule has 1 aliphatic heterocycles. The van der Waals surface area contributed by atoms with E-state index in [0.717, 1.165) is 6.42 Å². The molecule has 0 aliphatic carbocycles. The maximum Gasteiger partial charge on any atom is 0.323 e. The first-order chi connectivity index (χ1) is 8.88. The minimum absolute atomic E-state index is 0.118. The van der Waals surface area contributed by atoms with Crippen LogP contribution in [0.1, 0.15) is 30.3 Å². The van der Waals surface area contributed by atoms with Gasteiger partial charge in [-0.1, -0.05) is 13.3 Å². The van der Waals surface area contributed by atoms with Crippen LogP contribution < -0.4 is 0 Å². The Bertz CT molecular complexity index is 517. The number of aromatic nitrogens is 1. The predicted octanol–water partition coefficient (Wildman–Crippen LogP) is 0.920. The van der Waals surface area contributed by atoms with Crippen LogP contribution in [-0.2, 0) is 7.05 Å². The van der Waals surface area contributed by atoms with E-state index in [9.17, 15) is 20.0 Å². The number of hydrogen-bond donors (Lipinski definition) is 1. The standard InChI is InChI=1S/C12H17N3O4/c1-3-6-12(17)7-14(8-12)11(16)9-4-5-10(13(9)2)15(18)19/h4-5,17H,3,6-8H2,1-2H3. The third-order valence-electron chi connectivity index (χ3n) is 3.47. The Labute approximate surface area is 110 Å². The van der Waals surface area contributed by atoms with Crippen LogP contribution in [0.15, 0.2) is 12.1 Å². The van der Waals surface area contributed by atoms with Crippen molar-refractivity contribution in [3.05, 3.63) is 27.9 Å². The third kappa shape index (κ3) is 2.33. The molecule has 1 saturated heterocycles. The molecule has 1 amide bonds. The van der Waals surface area contributed by atoms with Crippen molar-refractivity contribution in [1.82, 2.24) is 9.47 Å². The highest BCUT2D eigenvalue weighted by Gasteiger charge is 2.44. The van der Waals surface area contributed by atoms with Crippen LogP contribution in [0.3, 0.4) is 0 Å². The Morgan fingerprint density at radius 3 is 2.63 bits per heavy atom. The highest BCUT2D eigenvalue weighted by atomic mass is 16.6. The first kappa shape index (κ1) is 13.5. The quantitative estimate of drug-likeness (QED) is 0.649. The minimum atomic E-state index is -0.790. The first-order valence-corrected chi connectivity index (χ1v) is 6.20. The van der Waals surface area contributed by atoms with E-state index < -0.39 is 10.5 Å². The summed E-state index contributed by atoms with van der Waals surface area (Å²) in [4.78, 5) is 23.8. The van der Waals surface area contributed by atoms with Gasteiger partial charge in [-0.3, -0.25) is 4.79 Å². The lowest BCUT2D eigenvalue weighted by molar-refractivity contribution is -0.391. The van der Waals surface area contributed by atoms with E-state index in [-0.39, 0.29) is 17.4 Å². The zero-order valence-corrected chi connectivity index (χ0v) is 11.0. The van der Waals surface area contributed by atoms with Crippen LogP contribution in [0, 0.1) is 10.1 Å². The summed E-state index contributed by atoms with van der Waals surface area (Å²) in [6.45, 7) is 2.56. The number of nitro groups is 1. The van der Waals surface area contributed by atoms with E-state index in [1.807, 2.05) is 6.92 Å². The van der Waals surface area contributed by atoms with Crippen molar-refractivity contribution in [3.8, 4) is 0 Å². The average molecular weight is 267 g/mol. The number of amides is 1. The highest BCUT2D eigenvalue weighted by molar-refractivity contribution is 5.94. The Hall–Kier alpha value is -1.89. The summed E-state index contributed by atoms with van der Waals surface area (Å²) in [5.41, 5.74) is -0.521. The smallest absolute Gasteiger partial charge is 0.323 e. The monoisotopic (exact) mass is 267 g/mol. The molecule has 0 unspecified atom stereocenters. The van der Waals surface area contributed by atoms with Gasteiger partial charge in [0, 0.05) is 6.07 Å². The molecule has 1 aromatic rings. The van der Waals surface area contributed by atoms with Crippen LogP contribution in [0.25, 0.3) is 0 Å². The molecule has 0 atom stereocenters. The second kappa shape index (κ2) is 4.65. The molecule has 2 heterocycles. The summed E-state index contributed by atoms with van der Waals surface area (Å²) in [5.74, 6) is -0.399. The van der Waals surface area contributed by atoms with E-state index in [0.29, 0.717) is 19.5 Å². The maximum atomic E-state index is 12.1. The number of nitrogens with zero attached hydrogens (tertiary/aromatic N) is 3. The predicted molar refractivity (Wildman–Crippen MR) is 67.8 cm³/mol. The molecular weight excluding hydrogens is 250 g/mol. The van der Waals surface area contributed by atoms with Crippen molar-refractivity contribution in [2.24, 2.45) is 7.05 Å². The summed E-state index contributed by atoms with van der Waals surface area (Å²) in [6, 6.07) is 2.75. The largest absolute Gasteiger partial charge is 0.386 e. The topological polar surface area (TPSA) is 88.6 Å². The molecule has 19 heavy (non-hydrogen) atoms. The number of likely N-dealkylation sites (tertiary alicyclic amines) is 1. The van der Waals surface area contributed by atoms with Crippen molar-refractivity contribution in [2.75, 3.05) is 13.1 Å². The first-order valence-electron chi connectivity index (χ1n) is 6.20. The van der Waals surface area contributed by atoms with Crippen molar-refractivity contribution in [1.29, 1.82) is 0 Å². The molecule has 0 spiro atoms. The lowest BCUT2D eigenvalue weighted by atomic mass is 9.89. The van der Waals surface area contributed by atoms with Gasteiger partial charge >= 0.3 is 5.82 Å². The minimum Gasteiger partial charge on any atom is -0.386 e. The second-order valence-corrected chi connectivity index (χ2v) is 5.03. The van der Waals surface area contributed by atoms with Gasteiger partial charge < -0.3 is 20.1 Å². The van der Waals surface area contributed by atoms with Gasteiger partial charge in [0.2, 0.25) is 0 Å². The number of hydrogen-bond acceptors (Lipinski definition) is 4. The van der Waals surface area contributed by atoms with E-state index in [2.05, 4.69) is 0 Å². The Balaban J connectivity index is 2.09. The van der Waals surface area contributed by atoms with Crippen LogP contribution in [0.2, 0.25) is 0 Å². The molecule has 1 aromatic heterocycles. The molecule has 7 heteroatoms.